The molecule has 6 nitrogen and oxygen atoms in total. The van der Waals surface area contributed by atoms with Crippen molar-refractivity contribution in [3.8, 4) is 5.75 Å². The van der Waals surface area contributed by atoms with E-state index in [2.05, 4.69) is 19.7 Å². The van der Waals surface area contributed by atoms with Crippen LogP contribution in [0.1, 0.15) is 18.1 Å². The molecular weight excluding hydrogens is 419 g/mol. The van der Waals surface area contributed by atoms with Crippen molar-refractivity contribution in [2.75, 3.05) is 5.75 Å². The first-order valence-electron chi connectivity index (χ1n) is 7.81. The number of sulfonamides is 1. The van der Waals surface area contributed by atoms with Crippen LogP contribution in [0.2, 0.25) is 5.02 Å². The summed E-state index contributed by atoms with van der Waals surface area (Å²) in [5.41, 5.74) is 3.79. The van der Waals surface area contributed by atoms with E-state index in [1.54, 1.807) is 24.3 Å². The van der Waals surface area contributed by atoms with Gasteiger partial charge in [-0.1, -0.05) is 23.7 Å². The minimum Gasteiger partial charge on any atom is -0.406 e. The minimum absolute atomic E-state index is 0.167. The van der Waals surface area contributed by atoms with Gasteiger partial charge in [0.1, 0.15) is 12.1 Å². The quantitative estimate of drug-likeness (QED) is 0.407. The lowest BCUT2D eigenvalue weighted by molar-refractivity contribution is -0.274. The highest BCUT2D eigenvalue weighted by Gasteiger charge is 2.31. The lowest BCUT2D eigenvalue weighted by atomic mass is 10.0. The Hall–Kier alpha value is -2.59. The van der Waals surface area contributed by atoms with Crippen molar-refractivity contribution >= 4 is 33.7 Å². The van der Waals surface area contributed by atoms with Crippen LogP contribution in [0.5, 0.6) is 5.75 Å². The molecule has 0 bridgehead atoms. The maximum atomic E-state index is 12.3. The fraction of sp³-hybridized carbons (Fsp3) is 0.176. The number of nitrogens with one attached hydrogen (secondary N) is 1. The van der Waals surface area contributed by atoms with Crippen LogP contribution in [0.15, 0.2) is 58.0 Å². The summed E-state index contributed by atoms with van der Waals surface area (Å²) in [4.78, 5) is 0. The largest absolute Gasteiger partial charge is 0.573 e. The monoisotopic (exact) mass is 433 g/mol. The third-order valence-electron chi connectivity index (χ3n) is 3.29. The second-order valence-electron chi connectivity index (χ2n) is 5.27. The van der Waals surface area contributed by atoms with Crippen molar-refractivity contribution in [2.24, 2.45) is 9.50 Å². The first-order chi connectivity index (χ1) is 13.1. The highest BCUT2D eigenvalue weighted by Crippen LogP contribution is 2.24. The first kappa shape index (κ1) is 21.7. The molecule has 0 aliphatic carbocycles. The zero-order valence-corrected chi connectivity index (χ0v) is 16.0. The standard InChI is InChI=1S/C17H15ClF3N3O3S/c1-2-28(25,26)23-11-22-24-16(12-3-7-14(18)8-4-12)13-5-9-15(10-6-13)27-17(19,20)21/h3-11H,2H2,1H3,(H,22,23)/b24-16-. The number of rotatable bonds is 7. The first-order valence-corrected chi connectivity index (χ1v) is 9.80. The molecule has 0 atom stereocenters. The number of nitrogens with zero attached hydrogens (tertiary/aromatic N) is 2. The van der Waals surface area contributed by atoms with Gasteiger partial charge in [-0.3, -0.25) is 5.43 Å². The van der Waals surface area contributed by atoms with E-state index in [0.717, 1.165) is 18.5 Å². The molecule has 0 saturated carbocycles. The molecule has 0 fully saturated rings. The molecule has 0 saturated heterocycles. The molecule has 150 valence electrons. The van der Waals surface area contributed by atoms with Crippen molar-refractivity contribution < 1.29 is 26.3 Å². The summed E-state index contributed by atoms with van der Waals surface area (Å²) >= 11 is 5.87. The third-order valence-corrected chi connectivity index (χ3v) is 4.70. The minimum atomic E-state index is -4.79. The van der Waals surface area contributed by atoms with E-state index >= 15 is 0 Å². The third kappa shape index (κ3) is 6.86. The van der Waals surface area contributed by atoms with Crippen molar-refractivity contribution in [1.82, 2.24) is 5.43 Å². The second-order valence-corrected chi connectivity index (χ2v) is 7.66. The van der Waals surface area contributed by atoms with Crippen LogP contribution in [0, 0.1) is 0 Å². The van der Waals surface area contributed by atoms with E-state index in [9.17, 15) is 21.6 Å². The smallest absolute Gasteiger partial charge is 0.406 e. The molecule has 2 aromatic rings. The van der Waals surface area contributed by atoms with E-state index in [-0.39, 0.29) is 11.5 Å². The molecule has 0 radical (unpaired) electrons. The zero-order chi connectivity index (χ0) is 20.8. The fourth-order valence-corrected chi connectivity index (χ4v) is 2.47. The molecule has 11 heteroatoms. The molecular formula is C17H15ClF3N3O3S. The zero-order valence-electron chi connectivity index (χ0n) is 14.4. The Morgan fingerprint density at radius 3 is 2.14 bits per heavy atom. The highest BCUT2D eigenvalue weighted by molar-refractivity contribution is 7.90. The van der Waals surface area contributed by atoms with Gasteiger partial charge >= 0.3 is 6.36 Å². The van der Waals surface area contributed by atoms with Gasteiger partial charge in [0.2, 0.25) is 0 Å². The van der Waals surface area contributed by atoms with Crippen molar-refractivity contribution in [1.29, 1.82) is 0 Å². The number of ether oxygens (including phenoxy) is 1. The molecule has 0 aliphatic rings. The Bertz CT molecular complexity index is 958. The van der Waals surface area contributed by atoms with Crippen LogP contribution in [-0.4, -0.2) is 32.6 Å². The van der Waals surface area contributed by atoms with Crippen LogP contribution in [0.3, 0.4) is 0 Å². The van der Waals surface area contributed by atoms with Crippen LogP contribution >= 0.6 is 11.6 Å². The molecule has 1 N–H and O–H groups in total. The van der Waals surface area contributed by atoms with Gasteiger partial charge in [0.25, 0.3) is 10.0 Å². The maximum absolute atomic E-state index is 12.3. The molecule has 2 rings (SSSR count). The summed E-state index contributed by atoms with van der Waals surface area (Å²) in [5.74, 6) is -0.546. The average molecular weight is 434 g/mol. The molecule has 0 aliphatic heterocycles. The summed E-state index contributed by atoms with van der Waals surface area (Å²) in [5, 5.41) is 4.57. The van der Waals surface area contributed by atoms with Crippen LogP contribution in [-0.2, 0) is 10.0 Å². The molecule has 0 spiro atoms. The molecule has 0 amide bonds. The normalized spacial score (nSPS) is 13.0. The molecule has 28 heavy (non-hydrogen) atoms. The number of alkyl halides is 3. The van der Waals surface area contributed by atoms with E-state index in [1.165, 1.54) is 19.1 Å². The van der Waals surface area contributed by atoms with Gasteiger partial charge in [0, 0.05) is 16.1 Å². The summed E-state index contributed by atoms with van der Waals surface area (Å²) in [6.45, 7) is 1.44. The molecule has 0 aromatic heterocycles. The van der Waals surface area contributed by atoms with Crippen LogP contribution in [0.4, 0.5) is 13.2 Å². The van der Waals surface area contributed by atoms with Crippen molar-refractivity contribution in [3.05, 3.63) is 64.7 Å². The van der Waals surface area contributed by atoms with Gasteiger partial charge in [-0.05, 0) is 43.3 Å². The van der Waals surface area contributed by atoms with Crippen molar-refractivity contribution in [2.45, 2.75) is 13.3 Å². The van der Waals surface area contributed by atoms with Gasteiger partial charge in [-0.15, -0.1) is 13.2 Å². The highest BCUT2D eigenvalue weighted by atomic mass is 35.5. The molecule has 0 heterocycles. The van der Waals surface area contributed by atoms with E-state index in [0.29, 0.717) is 21.9 Å². The number of hydrogen-bond donors (Lipinski definition) is 1. The number of halogens is 4. The van der Waals surface area contributed by atoms with E-state index in [4.69, 9.17) is 11.6 Å². The number of hydrogen-bond acceptors (Lipinski definition) is 4. The average Bonchev–Trinajstić information content (AvgIpc) is 2.62. The second kappa shape index (κ2) is 9.07. The van der Waals surface area contributed by atoms with Gasteiger partial charge in [-0.2, -0.15) is 9.50 Å². The maximum Gasteiger partial charge on any atom is 0.573 e. The fourth-order valence-electron chi connectivity index (χ4n) is 1.99. The van der Waals surface area contributed by atoms with E-state index < -0.39 is 16.4 Å². The summed E-state index contributed by atoms with van der Waals surface area (Å²) in [7, 11) is -3.58. The summed E-state index contributed by atoms with van der Waals surface area (Å²) in [6, 6.07) is 11.6. The summed E-state index contributed by atoms with van der Waals surface area (Å²) < 4.78 is 66.8. The number of benzene rings is 2. The lowest BCUT2D eigenvalue weighted by Crippen LogP contribution is -2.17. The predicted octanol–water partition coefficient (Wildman–Crippen LogP) is 3.96. The Kier molecular flexibility index (Phi) is 7.03. The lowest BCUT2D eigenvalue weighted by Gasteiger charge is -2.11. The van der Waals surface area contributed by atoms with Gasteiger partial charge in [0.15, 0.2) is 0 Å². The van der Waals surface area contributed by atoms with Crippen LogP contribution < -0.4 is 10.2 Å². The van der Waals surface area contributed by atoms with Gasteiger partial charge in [-0.25, -0.2) is 8.42 Å². The molecule has 2 aromatic carbocycles. The van der Waals surface area contributed by atoms with Gasteiger partial charge in [0.05, 0.1) is 11.5 Å². The van der Waals surface area contributed by atoms with E-state index in [1.807, 2.05) is 0 Å². The topological polar surface area (TPSA) is 80.1 Å². The Morgan fingerprint density at radius 1 is 1.11 bits per heavy atom. The predicted molar refractivity (Wildman–Crippen MR) is 101 cm³/mol. The Morgan fingerprint density at radius 2 is 1.64 bits per heavy atom. The van der Waals surface area contributed by atoms with Crippen molar-refractivity contribution in [3.63, 3.8) is 0 Å². The number of hydrazone groups is 1. The van der Waals surface area contributed by atoms with Gasteiger partial charge < -0.3 is 4.74 Å². The summed E-state index contributed by atoms with van der Waals surface area (Å²) in [6.07, 6.45) is -3.88. The molecule has 0 unspecified atom stereocenters. The Balaban J connectivity index is 2.33. The SMILES string of the molecule is CCS(=O)(=O)N=CN/N=C(/c1ccc(Cl)cc1)c1ccc(OC(F)(F)F)cc1. The Labute approximate surface area is 164 Å². The van der Waals surface area contributed by atoms with Crippen LogP contribution in [0.25, 0.3) is 0 Å².